The number of benzene rings is 1. The van der Waals surface area contributed by atoms with Crippen LogP contribution in [0.15, 0.2) is 12.1 Å². The molecule has 0 saturated heterocycles. The standard InChI is InChI=1S/C10H9Cl2NO4/c1-17-10(14)4-6-3-9(13(15)16)7(5-11)2-8(6)12/h2-3H,4-5H2,1H3. The SMILES string of the molecule is COC(=O)Cc1cc([N+](=O)[O-])c(CCl)cc1Cl. The molecule has 0 bridgehead atoms. The number of hydrogen-bond acceptors (Lipinski definition) is 4. The molecule has 17 heavy (non-hydrogen) atoms. The van der Waals surface area contributed by atoms with Gasteiger partial charge in [0.05, 0.1) is 24.3 Å². The molecule has 5 nitrogen and oxygen atoms in total. The number of carbonyl (C=O) groups is 1. The Bertz CT molecular complexity index is 462. The molecule has 0 aliphatic heterocycles. The maximum Gasteiger partial charge on any atom is 0.310 e. The summed E-state index contributed by atoms with van der Waals surface area (Å²) in [5.74, 6) is -0.533. The zero-order valence-electron chi connectivity index (χ0n) is 8.91. The highest BCUT2D eigenvalue weighted by atomic mass is 35.5. The van der Waals surface area contributed by atoms with E-state index < -0.39 is 10.9 Å². The normalized spacial score (nSPS) is 10.1. The van der Waals surface area contributed by atoms with Crippen LogP contribution in [0, 0.1) is 10.1 Å². The monoisotopic (exact) mass is 277 g/mol. The second kappa shape index (κ2) is 5.84. The topological polar surface area (TPSA) is 69.4 Å². The summed E-state index contributed by atoms with van der Waals surface area (Å²) in [5.41, 5.74) is 0.512. The van der Waals surface area contributed by atoms with Crippen LogP contribution in [-0.4, -0.2) is 18.0 Å². The molecule has 0 aliphatic rings. The summed E-state index contributed by atoms with van der Waals surface area (Å²) in [5, 5.41) is 11.0. The number of rotatable bonds is 4. The predicted octanol–water partition coefficient (Wildman–Crippen LogP) is 2.70. The van der Waals surface area contributed by atoms with Crippen molar-refractivity contribution in [3.05, 3.63) is 38.4 Å². The molecule has 0 fully saturated rings. The number of esters is 1. The van der Waals surface area contributed by atoms with Crippen LogP contribution in [0.25, 0.3) is 0 Å². The molecule has 0 atom stereocenters. The number of halogens is 2. The quantitative estimate of drug-likeness (QED) is 0.367. The Kier molecular flexibility index (Phi) is 4.72. The average Bonchev–Trinajstić information content (AvgIpc) is 2.30. The van der Waals surface area contributed by atoms with Gasteiger partial charge in [-0.15, -0.1) is 11.6 Å². The van der Waals surface area contributed by atoms with Gasteiger partial charge in [0.1, 0.15) is 0 Å². The van der Waals surface area contributed by atoms with Crippen LogP contribution in [0.5, 0.6) is 0 Å². The molecule has 7 heteroatoms. The molecule has 92 valence electrons. The Morgan fingerprint density at radius 2 is 2.12 bits per heavy atom. The first kappa shape index (κ1) is 13.7. The summed E-state index contributed by atoms with van der Waals surface area (Å²) in [6.07, 6.45) is -0.112. The Labute approximate surface area is 107 Å². The second-order valence-electron chi connectivity index (χ2n) is 3.22. The van der Waals surface area contributed by atoms with Gasteiger partial charge in [0, 0.05) is 16.7 Å². The number of alkyl halides is 1. The second-order valence-corrected chi connectivity index (χ2v) is 3.89. The number of ether oxygens (including phenoxy) is 1. The first-order valence-corrected chi connectivity index (χ1v) is 5.49. The lowest BCUT2D eigenvalue weighted by atomic mass is 10.1. The third-order valence-corrected chi connectivity index (χ3v) is 2.79. The summed E-state index contributed by atoms with van der Waals surface area (Å²) in [7, 11) is 1.23. The van der Waals surface area contributed by atoms with Crippen LogP contribution in [0.3, 0.4) is 0 Å². The number of carbonyl (C=O) groups excluding carboxylic acids is 1. The minimum absolute atomic E-state index is 0.0193. The maximum absolute atomic E-state index is 11.1. The Hall–Kier alpha value is -1.33. The van der Waals surface area contributed by atoms with Gasteiger partial charge >= 0.3 is 5.97 Å². The van der Waals surface area contributed by atoms with E-state index in [0.717, 1.165) is 0 Å². The highest BCUT2D eigenvalue weighted by molar-refractivity contribution is 6.31. The first-order valence-electron chi connectivity index (χ1n) is 4.58. The minimum Gasteiger partial charge on any atom is -0.469 e. The van der Waals surface area contributed by atoms with Gasteiger partial charge in [-0.2, -0.15) is 0 Å². The summed E-state index contributed by atoms with van der Waals surface area (Å²) >= 11 is 11.5. The van der Waals surface area contributed by atoms with Gasteiger partial charge in [0.25, 0.3) is 5.69 Å². The molecule has 0 unspecified atom stereocenters. The molecule has 0 saturated carbocycles. The lowest BCUT2D eigenvalue weighted by Gasteiger charge is -2.06. The van der Waals surface area contributed by atoms with E-state index in [-0.39, 0.29) is 23.0 Å². The average molecular weight is 278 g/mol. The third-order valence-electron chi connectivity index (χ3n) is 2.15. The molecular formula is C10H9Cl2NO4. The van der Waals surface area contributed by atoms with E-state index in [1.165, 1.54) is 19.2 Å². The first-order chi connectivity index (χ1) is 7.99. The fourth-order valence-corrected chi connectivity index (χ4v) is 1.75. The van der Waals surface area contributed by atoms with Crippen molar-refractivity contribution in [3.63, 3.8) is 0 Å². The number of nitrogens with zero attached hydrogens (tertiary/aromatic N) is 1. The molecule has 1 aromatic rings. The van der Waals surface area contributed by atoms with E-state index in [2.05, 4.69) is 4.74 Å². The van der Waals surface area contributed by atoms with Crippen molar-refractivity contribution in [2.75, 3.05) is 7.11 Å². The van der Waals surface area contributed by atoms with Gasteiger partial charge in [0.15, 0.2) is 0 Å². The summed E-state index contributed by atoms with van der Waals surface area (Å²) < 4.78 is 4.47. The molecule has 0 amide bonds. The van der Waals surface area contributed by atoms with Crippen LogP contribution in [0.1, 0.15) is 11.1 Å². The lowest BCUT2D eigenvalue weighted by molar-refractivity contribution is -0.385. The lowest BCUT2D eigenvalue weighted by Crippen LogP contribution is -2.06. The van der Waals surface area contributed by atoms with Gasteiger partial charge in [-0.25, -0.2) is 0 Å². The Balaban J connectivity index is 3.19. The molecule has 0 radical (unpaired) electrons. The van der Waals surface area contributed by atoms with Crippen molar-refractivity contribution in [1.82, 2.24) is 0 Å². The summed E-state index contributed by atoms with van der Waals surface area (Å²) in [6, 6.07) is 2.64. The van der Waals surface area contributed by atoms with Gasteiger partial charge in [-0.3, -0.25) is 14.9 Å². The van der Waals surface area contributed by atoms with Crippen LogP contribution in [-0.2, 0) is 21.8 Å². The van der Waals surface area contributed by atoms with E-state index in [4.69, 9.17) is 23.2 Å². The molecule has 0 spiro atoms. The maximum atomic E-state index is 11.1. The molecule has 0 N–H and O–H groups in total. The highest BCUT2D eigenvalue weighted by Gasteiger charge is 2.18. The van der Waals surface area contributed by atoms with Crippen molar-refractivity contribution in [2.45, 2.75) is 12.3 Å². The number of methoxy groups -OCH3 is 1. The molecule has 1 rings (SSSR count). The Morgan fingerprint density at radius 3 is 2.59 bits per heavy atom. The summed E-state index contributed by atoms with van der Waals surface area (Å²) in [6.45, 7) is 0. The van der Waals surface area contributed by atoms with E-state index in [0.29, 0.717) is 11.1 Å². The fourth-order valence-electron chi connectivity index (χ4n) is 1.29. The zero-order chi connectivity index (χ0) is 13.0. The van der Waals surface area contributed by atoms with Crippen molar-refractivity contribution in [1.29, 1.82) is 0 Å². The van der Waals surface area contributed by atoms with Crippen LogP contribution < -0.4 is 0 Å². The zero-order valence-corrected chi connectivity index (χ0v) is 10.4. The Morgan fingerprint density at radius 1 is 1.47 bits per heavy atom. The van der Waals surface area contributed by atoms with Gasteiger partial charge in [-0.1, -0.05) is 11.6 Å². The van der Waals surface area contributed by atoms with E-state index in [1.54, 1.807) is 0 Å². The predicted molar refractivity (Wildman–Crippen MR) is 63.4 cm³/mol. The fraction of sp³-hybridized carbons (Fsp3) is 0.300. The molecule has 1 aromatic carbocycles. The molecule has 0 aliphatic carbocycles. The van der Waals surface area contributed by atoms with E-state index >= 15 is 0 Å². The smallest absolute Gasteiger partial charge is 0.310 e. The van der Waals surface area contributed by atoms with Crippen molar-refractivity contribution in [3.8, 4) is 0 Å². The number of nitro benzene ring substituents is 1. The van der Waals surface area contributed by atoms with Crippen LogP contribution in [0.4, 0.5) is 5.69 Å². The molecular weight excluding hydrogens is 269 g/mol. The van der Waals surface area contributed by atoms with Crippen molar-refractivity contribution >= 4 is 34.9 Å². The largest absolute Gasteiger partial charge is 0.469 e. The van der Waals surface area contributed by atoms with Crippen LogP contribution >= 0.6 is 23.2 Å². The van der Waals surface area contributed by atoms with Gasteiger partial charge in [0.2, 0.25) is 0 Å². The highest BCUT2D eigenvalue weighted by Crippen LogP contribution is 2.28. The van der Waals surface area contributed by atoms with Gasteiger partial charge < -0.3 is 4.74 Å². The molecule has 0 heterocycles. The number of nitro groups is 1. The van der Waals surface area contributed by atoms with Gasteiger partial charge in [-0.05, 0) is 11.6 Å². The number of hydrogen-bond donors (Lipinski definition) is 0. The summed E-state index contributed by atoms with van der Waals surface area (Å²) in [4.78, 5) is 21.3. The van der Waals surface area contributed by atoms with E-state index in [1.807, 2.05) is 0 Å². The molecule has 0 aromatic heterocycles. The third kappa shape index (κ3) is 3.31. The van der Waals surface area contributed by atoms with E-state index in [9.17, 15) is 14.9 Å². The minimum atomic E-state index is -0.561. The van der Waals surface area contributed by atoms with Crippen molar-refractivity contribution < 1.29 is 14.5 Å². The van der Waals surface area contributed by atoms with Crippen molar-refractivity contribution in [2.24, 2.45) is 0 Å². The van der Waals surface area contributed by atoms with Crippen LogP contribution in [0.2, 0.25) is 5.02 Å².